The standard InChI is InChI=1S/C20H18F3N3O3/c1-12-16(4-5-18(27)24-12)26-11-25(14-6-8-29-9-7-14)17-10-13(20(21,22)23)2-3-15(17)19(26)28/h2-6,8,10,14H,7,9,11H2,1H3,(H,24,27). The average Bonchev–Trinajstić information content (AvgIpc) is 2.69. The maximum atomic E-state index is 13.3. The van der Waals surface area contributed by atoms with Crippen molar-refractivity contribution in [3.63, 3.8) is 0 Å². The highest BCUT2D eigenvalue weighted by molar-refractivity contribution is 6.12. The lowest BCUT2D eigenvalue weighted by Crippen LogP contribution is -2.51. The fourth-order valence-corrected chi connectivity index (χ4v) is 3.66. The van der Waals surface area contributed by atoms with Crippen LogP contribution in [0.5, 0.6) is 0 Å². The van der Waals surface area contributed by atoms with Gasteiger partial charge in [0.05, 0.1) is 48.1 Å². The van der Waals surface area contributed by atoms with Gasteiger partial charge < -0.3 is 14.6 Å². The molecule has 0 bridgehead atoms. The van der Waals surface area contributed by atoms with Gasteiger partial charge in [0.1, 0.15) is 0 Å². The van der Waals surface area contributed by atoms with Crippen molar-refractivity contribution in [2.45, 2.75) is 25.6 Å². The molecule has 29 heavy (non-hydrogen) atoms. The third kappa shape index (κ3) is 3.48. The molecule has 0 fully saturated rings. The molecule has 2 aliphatic rings. The van der Waals surface area contributed by atoms with Crippen molar-refractivity contribution in [2.75, 3.05) is 23.1 Å². The Balaban J connectivity index is 1.84. The maximum Gasteiger partial charge on any atom is 0.416 e. The van der Waals surface area contributed by atoms with Gasteiger partial charge in [-0.05, 0) is 37.3 Å². The highest BCUT2D eigenvalue weighted by atomic mass is 19.4. The number of benzene rings is 1. The minimum absolute atomic E-state index is 0.0506. The van der Waals surface area contributed by atoms with Crippen LogP contribution < -0.4 is 15.4 Å². The van der Waals surface area contributed by atoms with Crippen LogP contribution in [0.25, 0.3) is 0 Å². The van der Waals surface area contributed by atoms with Crippen molar-refractivity contribution in [3.05, 3.63) is 69.8 Å². The van der Waals surface area contributed by atoms with E-state index in [2.05, 4.69) is 4.98 Å². The summed E-state index contributed by atoms with van der Waals surface area (Å²) in [4.78, 5) is 30.6. The summed E-state index contributed by atoms with van der Waals surface area (Å²) in [5.41, 5.74) is 0.313. The van der Waals surface area contributed by atoms with Crippen LogP contribution in [-0.4, -0.2) is 30.2 Å². The average molecular weight is 405 g/mol. The van der Waals surface area contributed by atoms with E-state index < -0.39 is 17.6 Å². The molecular weight excluding hydrogens is 387 g/mol. The van der Waals surface area contributed by atoms with Gasteiger partial charge in [0.2, 0.25) is 5.56 Å². The van der Waals surface area contributed by atoms with Crippen LogP contribution >= 0.6 is 0 Å². The van der Waals surface area contributed by atoms with Crippen molar-refractivity contribution in [1.29, 1.82) is 0 Å². The van der Waals surface area contributed by atoms with E-state index in [4.69, 9.17) is 4.74 Å². The summed E-state index contributed by atoms with van der Waals surface area (Å²) in [5.74, 6) is -0.420. The first-order chi connectivity index (χ1) is 13.8. The molecule has 3 heterocycles. The second-order valence-corrected chi connectivity index (χ2v) is 6.96. The molecule has 1 N–H and O–H groups in total. The molecule has 0 spiro atoms. The number of hydrogen-bond acceptors (Lipinski definition) is 4. The SMILES string of the molecule is Cc1[nH]c(=O)ccc1N1CN(C2C=COCC2)c2cc(C(F)(F)F)ccc2C1=O. The quantitative estimate of drug-likeness (QED) is 0.832. The zero-order valence-corrected chi connectivity index (χ0v) is 15.5. The van der Waals surface area contributed by atoms with E-state index in [1.54, 1.807) is 24.0 Å². The Kier molecular flexibility index (Phi) is 4.60. The third-order valence-electron chi connectivity index (χ3n) is 5.11. The lowest BCUT2D eigenvalue weighted by atomic mass is 10.0. The first kappa shape index (κ1) is 19.1. The largest absolute Gasteiger partial charge is 0.501 e. The molecule has 1 unspecified atom stereocenters. The van der Waals surface area contributed by atoms with Gasteiger partial charge in [-0.25, -0.2) is 0 Å². The van der Waals surface area contributed by atoms with Crippen LogP contribution in [-0.2, 0) is 10.9 Å². The number of carbonyl (C=O) groups is 1. The maximum absolute atomic E-state index is 13.3. The third-order valence-corrected chi connectivity index (χ3v) is 5.11. The van der Waals surface area contributed by atoms with Crippen LogP contribution in [0, 0.1) is 6.92 Å². The highest BCUT2D eigenvalue weighted by Crippen LogP contribution is 2.38. The molecule has 1 aromatic heterocycles. The zero-order valence-electron chi connectivity index (χ0n) is 15.5. The fourth-order valence-electron chi connectivity index (χ4n) is 3.66. The summed E-state index contributed by atoms with van der Waals surface area (Å²) >= 11 is 0. The van der Waals surface area contributed by atoms with E-state index in [1.807, 2.05) is 0 Å². The summed E-state index contributed by atoms with van der Waals surface area (Å²) in [6.45, 7) is 2.15. The predicted molar refractivity (Wildman–Crippen MR) is 101 cm³/mol. The normalized spacial score (nSPS) is 19.2. The van der Waals surface area contributed by atoms with Gasteiger partial charge >= 0.3 is 6.18 Å². The van der Waals surface area contributed by atoms with Crippen molar-refractivity contribution in [1.82, 2.24) is 4.98 Å². The minimum Gasteiger partial charge on any atom is -0.501 e. The van der Waals surface area contributed by atoms with Crippen LogP contribution in [0.1, 0.15) is 28.0 Å². The summed E-state index contributed by atoms with van der Waals surface area (Å²) in [5, 5.41) is 0. The van der Waals surface area contributed by atoms with Crippen LogP contribution in [0.4, 0.5) is 24.5 Å². The Labute approximate surface area is 164 Å². The number of ether oxygens (including phenoxy) is 1. The van der Waals surface area contributed by atoms with E-state index in [-0.39, 0.29) is 29.5 Å². The number of alkyl halides is 3. The monoisotopic (exact) mass is 405 g/mol. The topological polar surface area (TPSA) is 65.6 Å². The Morgan fingerprint density at radius 3 is 2.59 bits per heavy atom. The number of hydrogen-bond donors (Lipinski definition) is 1. The molecule has 2 aliphatic heterocycles. The molecule has 0 radical (unpaired) electrons. The predicted octanol–water partition coefficient (Wildman–Crippen LogP) is 3.43. The number of pyridine rings is 1. The van der Waals surface area contributed by atoms with Gasteiger partial charge in [0.25, 0.3) is 5.91 Å². The van der Waals surface area contributed by atoms with E-state index in [0.717, 1.165) is 12.1 Å². The van der Waals surface area contributed by atoms with Gasteiger partial charge in [-0.1, -0.05) is 0 Å². The summed E-state index contributed by atoms with van der Waals surface area (Å²) < 4.78 is 45.0. The Morgan fingerprint density at radius 1 is 1.14 bits per heavy atom. The molecule has 1 atom stereocenters. The molecule has 1 amide bonds. The molecule has 0 saturated carbocycles. The number of nitrogens with zero attached hydrogens (tertiary/aromatic N) is 2. The van der Waals surface area contributed by atoms with Crippen molar-refractivity contribution >= 4 is 17.3 Å². The summed E-state index contributed by atoms with van der Waals surface area (Å²) in [6.07, 6.45) is -0.657. The van der Waals surface area contributed by atoms with E-state index in [1.165, 1.54) is 23.3 Å². The minimum atomic E-state index is -4.51. The van der Waals surface area contributed by atoms with Gasteiger partial charge in [-0.15, -0.1) is 0 Å². The first-order valence-electron chi connectivity index (χ1n) is 9.03. The number of aromatic nitrogens is 1. The van der Waals surface area contributed by atoms with E-state index >= 15 is 0 Å². The zero-order chi connectivity index (χ0) is 20.8. The number of aryl methyl sites for hydroxylation is 1. The first-order valence-corrected chi connectivity index (χ1v) is 9.03. The Morgan fingerprint density at radius 2 is 1.93 bits per heavy atom. The number of nitrogens with one attached hydrogen (secondary N) is 1. The summed E-state index contributed by atoms with van der Waals surface area (Å²) in [7, 11) is 0. The smallest absolute Gasteiger partial charge is 0.416 e. The number of halogens is 3. The van der Waals surface area contributed by atoms with Gasteiger partial charge in [-0.2, -0.15) is 13.2 Å². The number of rotatable bonds is 2. The van der Waals surface area contributed by atoms with Gasteiger partial charge in [0.15, 0.2) is 0 Å². The van der Waals surface area contributed by atoms with Crippen molar-refractivity contribution in [3.8, 4) is 0 Å². The molecule has 9 heteroatoms. The van der Waals surface area contributed by atoms with Crippen molar-refractivity contribution in [2.24, 2.45) is 0 Å². The molecule has 152 valence electrons. The molecule has 0 saturated heterocycles. The molecule has 2 aromatic rings. The lowest BCUT2D eigenvalue weighted by molar-refractivity contribution is -0.137. The fraction of sp³-hybridized carbons (Fsp3) is 0.300. The van der Waals surface area contributed by atoms with Crippen LogP contribution in [0.3, 0.4) is 0 Å². The number of amides is 1. The number of anilines is 2. The number of H-pyrrole nitrogens is 1. The lowest BCUT2D eigenvalue weighted by Gasteiger charge is -2.42. The van der Waals surface area contributed by atoms with Gasteiger partial charge in [0, 0.05) is 18.2 Å². The van der Waals surface area contributed by atoms with Crippen LogP contribution in [0.15, 0.2) is 47.5 Å². The highest BCUT2D eigenvalue weighted by Gasteiger charge is 2.38. The van der Waals surface area contributed by atoms with E-state index in [9.17, 15) is 22.8 Å². The Hall–Kier alpha value is -3.23. The number of aromatic amines is 1. The van der Waals surface area contributed by atoms with Gasteiger partial charge in [-0.3, -0.25) is 14.5 Å². The van der Waals surface area contributed by atoms with Crippen LogP contribution in [0.2, 0.25) is 0 Å². The number of carbonyl (C=O) groups excluding carboxylic acids is 1. The molecule has 1 aromatic carbocycles. The molecule has 0 aliphatic carbocycles. The number of fused-ring (bicyclic) bond motifs is 1. The molecule has 4 rings (SSSR count). The second-order valence-electron chi connectivity index (χ2n) is 6.96. The Bertz CT molecular complexity index is 1050. The van der Waals surface area contributed by atoms with E-state index in [0.29, 0.717) is 24.4 Å². The molecular formula is C20H18F3N3O3. The van der Waals surface area contributed by atoms with Crippen molar-refractivity contribution < 1.29 is 22.7 Å². The molecule has 6 nitrogen and oxygen atoms in total. The second kappa shape index (κ2) is 6.98. The summed E-state index contributed by atoms with van der Waals surface area (Å²) in [6, 6.07) is 5.77.